The van der Waals surface area contributed by atoms with Gasteiger partial charge in [0.2, 0.25) is 0 Å². The number of carbonyl (C=O) groups excluding carboxylic acids is 2. The average molecular weight is 419 g/mol. The molecule has 160 valence electrons. The number of nitrogens with zero attached hydrogens (tertiary/aromatic N) is 5. The maximum absolute atomic E-state index is 13.1. The van der Waals surface area contributed by atoms with Gasteiger partial charge in [-0.1, -0.05) is 12.1 Å². The molecule has 0 spiro atoms. The molecule has 4 rings (SSSR count). The molecule has 1 N–H and O–H groups in total. The number of aliphatic hydroxyl groups is 1. The summed E-state index contributed by atoms with van der Waals surface area (Å²) in [4.78, 5) is 38.3. The van der Waals surface area contributed by atoms with E-state index in [2.05, 4.69) is 9.97 Å². The standard InChI is InChI=1S/C23H25N5O3/c1-14-7-6-10-27-18(15(2)25-22(14)27)20(29)17-19(16-8-5-9-24-13-16)28(12-11-26(3)4)23(31)21(17)30/h5-10,13,19,29H,11-12H2,1-4H3/t19-/m0/s1. The lowest BCUT2D eigenvalue weighted by molar-refractivity contribution is -0.140. The van der Waals surface area contributed by atoms with Crippen molar-refractivity contribution in [2.45, 2.75) is 19.9 Å². The van der Waals surface area contributed by atoms with Gasteiger partial charge in [-0.3, -0.25) is 19.0 Å². The summed E-state index contributed by atoms with van der Waals surface area (Å²) in [6.07, 6.45) is 5.05. The van der Waals surface area contributed by atoms with Gasteiger partial charge < -0.3 is 14.9 Å². The number of Topliss-reactive ketones (excluding diaryl/α,β-unsaturated/α-hetero) is 1. The van der Waals surface area contributed by atoms with Crippen molar-refractivity contribution in [2.24, 2.45) is 0 Å². The van der Waals surface area contributed by atoms with E-state index in [0.29, 0.717) is 35.7 Å². The number of ketones is 1. The van der Waals surface area contributed by atoms with E-state index in [9.17, 15) is 14.7 Å². The van der Waals surface area contributed by atoms with Crippen LogP contribution >= 0.6 is 0 Å². The van der Waals surface area contributed by atoms with Crippen molar-refractivity contribution in [1.29, 1.82) is 0 Å². The summed E-state index contributed by atoms with van der Waals surface area (Å²) in [6.45, 7) is 4.64. The number of aromatic nitrogens is 3. The molecule has 0 aliphatic carbocycles. The topological polar surface area (TPSA) is 91.0 Å². The number of aryl methyl sites for hydroxylation is 2. The Labute approximate surface area is 180 Å². The number of fused-ring (bicyclic) bond motifs is 1. The molecule has 1 amide bonds. The quantitative estimate of drug-likeness (QED) is 0.388. The number of likely N-dealkylation sites (tertiary alicyclic amines) is 1. The van der Waals surface area contributed by atoms with Gasteiger partial charge in [0.25, 0.3) is 11.7 Å². The minimum Gasteiger partial charge on any atom is -0.505 e. The van der Waals surface area contributed by atoms with Crippen molar-refractivity contribution in [2.75, 3.05) is 27.2 Å². The molecule has 4 heterocycles. The molecule has 31 heavy (non-hydrogen) atoms. The monoisotopic (exact) mass is 419 g/mol. The predicted molar refractivity (Wildman–Crippen MR) is 116 cm³/mol. The maximum atomic E-state index is 13.1. The van der Waals surface area contributed by atoms with Crippen LogP contribution in [-0.4, -0.2) is 68.2 Å². The summed E-state index contributed by atoms with van der Waals surface area (Å²) in [5.74, 6) is -1.55. The van der Waals surface area contributed by atoms with Crippen molar-refractivity contribution >= 4 is 23.1 Å². The van der Waals surface area contributed by atoms with Crippen molar-refractivity contribution in [1.82, 2.24) is 24.2 Å². The minimum absolute atomic E-state index is 0.0585. The Morgan fingerprint density at radius 3 is 2.65 bits per heavy atom. The fourth-order valence-corrected chi connectivity index (χ4v) is 4.03. The second-order valence-corrected chi connectivity index (χ2v) is 8.01. The molecule has 1 fully saturated rings. The van der Waals surface area contributed by atoms with E-state index < -0.39 is 17.7 Å². The highest BCUT2D eigenvalue weighted by atomic mass is 16.3. The van der Waals surface area contributed by atoms with E-state index >= 15 is 0 Å². The summed E-state index contributed by atoms with van der Waals surface area (Å²) < 4.78 is 1.76. The van der Waals surface area contributed by atoms with Gasteiger partial charge in [-0.05, 0) is 51.2 Å². The fourth-order valence-electron chi connectivity index (χ4n) is 4.03. The molecule has 3 aromatic heterocycles. The molecule has 0 saturated carbocycles. The van der Waals surface area contributed by atoms with Crippen LogP contribution in [0.2, 0.25) is 0 Å². The predicted octanol–water partition coefficient (Wildman–Crippen LogP) is 2.33. The summed E-state index contributed by atoms with van der Waals surface area (Å²) in [5.41, 5.74) is 3.36. The zero-order valence-corrected chi connectivity index (χ0v) is 18.0. The number of hydrogen-bond acceptors (Lipinski definition) is 6. The molecule has 1 atom stereocenters. The van der Waals surface area contributed by atoms with Crippen LogP contribution in [0.5, 0.6) is 0 Å². The third-order valence-corrected chi connectivity index (χ3v) is 5.57. The normalized spacial score (nSPS) is 18.5. The number of carbonyl (C=O) groups is 2. The van der Waals surface area contributed by atoms with Crippen LogP contribution in [0.4, 0.5) is 0 Å². The number of aliphatic hydroxyl groups excluding tert-OH is 1. The molecule has 0 unspecified atom stereocenters. The Morgan fingerprint density at radius 2 is 1.97 bits per heavy atom. The van der Waals surface area contributed by atoms with Crippen LogP contribution in [0.1, 0.15) is 28.6 Å². The number of imidazole rings is 1. The maximum Gasteiger partial charge on any atom is 0.295 e. The van der Waals surface area contributed by atoms with Crippen molar-refractivity contribution < 1.29 is 14.7 Å². The molecular formula is C23H25N5O3. The van der Waals surface area contributed by atoms with Gasteiger partial charge in [-0.25, -0.2) is 4.98 Å². The number of amides is 1. The van der Waals surface area contributed by atoms with E-state index in [0.717, 1.165) is 5.56 Å². The minimum atomic E-state index is -0.719. The Morgan fingerprint density at radius 1 is 1.19 bits per heavy atom. The molecule has 1 aliphatic heterocycles. The van der Waals surface area contributed by atoms with Gasteiger partial charge in [-0.2, -0.15) is 0 Å². The first-order valence-electron chi connectivity index (χ1n) is 10.1. The molecule has 1 aliphatic rings. The highest BCUT2D eigenvalue weighted by Gasteiger charge is 2.46. The lowest BCUT2D eigenvalue weighted by atomic mass is 9.97. The molecule has 0 bridgehead atoms. The van der Waals surface area contributed by atoms with E-state index in [1.807, 2.05) is 44.1 Å². The first-order valence-corrected chi connectivity index (χ1v) is 10.1. The van der Waals surface area contributed by atoms with Gasteiger partial charge in [0, 0.05) is 31.7 Å². The highest BCUT2D eigenvalue weighted by molar-refractivity contribution is 6.46. The highest BCUT2D eigenvalue weighted by Crippen LogP contribution is 2.39. The molecule has 8 nitrogen and oxygen atoms in total. The molecule has 0 radical (unpaired) electrons. The zero-order valence-electron chi connectivity index (χ0n) is 18.0. The zero-order chi connectivity index (χ0) is 22.3. The van der Waals surface area contributed by atoms with Crippen LogP contribution in [0.15, 0.2) is 48.4 Å². The van der Waals surface area contributed by atoms with Gasteiger partial charge in [-0.15, -0.1) is 0 Å². The lowest BCUT2D eigenvalue weighted by Gasteiger charge is -2.26. The second kappa shape index (κ2) is 7.96. The summed E-state index contributed by atoms with van der Waals surface area (Å²) in [7, 11) is 3.81. The first kappa shape index (κ1) is 20.7. The molecular weight excluding hydrogens is 394 g/mol. The van der Waals surface area contributed by atoms with Crippen LogP contribution < -0.4 is 0 Å². The van der Waals surface area contributed by atoms with E-state index in [1.165, 1.54) is 4.90 Å². The Balaban J connectivity index is 1.94. The number of hydrogen-bond donors (Lipinski definition) is 1. The SMILES string of the molecule is Cc1nc2c(C)cccn2c1C(O)=C1C(=O)C(=O)N(CCN(C)C)[C@H]1c1cccnc1. The fraction of sp³-hybridized carbons (Fsp3) is 0.304. The Hall–Kier alpha value is -3.52. The van der Waals surface area contributed by atoms with Crippen LogP contribution in [-0.2, 0) is 9.59 Å². The largest absolute Gasteiger partial charge is 0.505 e. The number of likely N-dealkylation sites (N-methyl/N-ethyl adjacent to an activating group) is 1. The molecule has 0 aromatic carbocycles. The number of rotatable bonds is 5. The third kappa shape index (κ3) is 3.48. The van der Waals surface area contributed by atoms with Gasteiger partial charge in [0.05, 0.1) is 17.3 Å². The number of pyridine rings is 2. The Bertz CT molecular complexity index is 1200. The van der Waals surface area contributed by atoms with Crippen LogP contribution in [0, 0.1) is 13.8 Å². The Kier molecular flexibility index (Phi) is 5.32. The molecule has 8 heteroatoms. The van der Waals surface area contributed by atoms with E-state index in [4.69, 9.17) is 0 Å². The third-order valence-electron chi connectivity index (χ3n) is 5.57. The lowest BCUT2D eigenvalue weighted by Crippen LogP contribution is -2.35. The van der Waals surface area contributed by atoms with Gasteiger partial charge in [0.15, 0.2) is 5.76 Å². The summed E-state index contributed by atoms with van der Waals surface area (Å²) in [5, 5.41) is 11.4. The summed E-state index contributed by atoms with van der Waals surface area (Å²) >= 11 is 0. The van der Waals surface area contributed by atoms with Crippen LogP contribution in [0.25, 0.3) is 11.4 Å². The van der Waals surface area contributed by atoms with Crippen molar-refractivity contribution in [3.05, 3.63) is 70.9 Å². The van der Waals surface area contributed by atoms with E-state index in [-0.39, 0.29) is 11.3 Å². The second-order valence-electron chi connectivity index (χ2n) is 8.01. The molecule has 1 saturated heterocycles. The van der Waals surface area contributed by atoms with Gasteiger partial charge in [0.1, 0.15) is 11.3 Å². The van der Waals surface area contributed by atoms with Crippen molar-refractivity contribution in [3.8, 4) is 0 Å². The first-order chi connectivity index (χ1) is 14.8. The smallest absolute Gasteiger partial charge is 0.295 e. The van der Waals surface area contributed by atoms with Crippen molar-refractivity contribution in [3.63, 3.8) is 0 Å². The van der Waals surface area contributed by atoms with Crippen LogP contribution in [0.3, 0.4) is 0 Å². The average Bonchev–Trinajstić information content (AvgIpc) is 3.21. The summed E-state index contributed by atoms with van der Waals surface area (Å²) in [6, 6.07) is 6.63. The van der Waals surface area contributed by atoms with E-state index in [1.54, 1.807) is 36.0 Å². The molecule has 3 aromatic rings. The van der Waals surface area contributed by atoms with Gasteiger partial charge >= 0.3 is 0 Å².